The zero-order valence-corrected chi connectivity index (χ0v) is 9.63. The van der Waals surface area contributed by atoms with E-state index in [0.717, 1.165) is 32.5 Å². The van der Waals surface area contributed by atoms with Gasteiger partial charge in [0, 0.05) is 19.2 Å². The first-order valence-electron chi connectivity index (χ1n) is 6.20. The van der Waals surface area contributed by atoms with Crippen molar-refractivity contribution in [3.63, 3.8) is 0 Å². The van der Waals surface area contributed by atoms with Crippen LogP contribution in [-0.4, -0.2) is 44.4 Å². The molecule has 5 heteroatoms. The molecule has 0 radical (unpaired) electrons. The predicted molar refractivity (Wildman–Crippen MR) is 61.4 cm³/mol. The molecule has 2 amide bonds. The minimum atomic E-state index is -0.0616. The Morgan fingerprint density at radius 1 is 1.44 bits per heavy atom. The predicted octanol–water partition coefficient (Wildman–Crippen LogP) is 0.217. The van der Waals surface area contributed by atoms with Crippen molar-refractivity contribution in [2.45, 2.75) is 37.8 Å². The molecular weight excluding hydrogens is 206 g/mol. The highest BCUT2D eigenvalue weighted by molar-refractivity contribution is 5.74. The van der Waals surface area contributed by atoms with Gasteiger partial charge in [-0.3, -0.25) is 0 Å². The summed E-state index contributed by atoms with van der Waals surface area (Å²) in [5.74, 6) is 0. The lowest BCUT2D eigenvalue weighted by Gasteiger charge is -2.13. The fourth-order valence-corrected chi connectivity index (χ4v) is 2.25. The Kier molecular flexibility index (Phi) is 4.42. The van der Waals surface area contributed by atoms with Crippen LogP contribution >= 0.6 is 0 Å². The Hall–Kier alpha value is -0.810. The minimum Gasteiger partial charge on any atom is -0.379 e. The molecule has 3 N–H and O–H groups in total. The molecule has 0 aromatic heterocycles. The van der Waals surface area contributed by atoms with Gasteiger partial charge < -0.3 is 20.7 Å². The zero-order chi connectivity index (χ0) is 11.2. The Balaban J connectivity index is 1.52. The molecule has 92 valence electrons. The van der Waals surface area contributed by atoms with Crippen molar-refractivity contribution in [1.29, 1.82) is 0 Å². The van der Waals surface area contributed by atoms with Crippen molar-refractivity contribution in [2.24, 2.45) is 0 Å². The molecule has 0 aromatic carbocycles. The SMILES string of the molecule is O=C(NCC[C@H]1CCCN1)NC1CCOC1. The van der Waals surface area contributed by atoms with Gasteiger partial charge in [0.1, 0.15) is 0 Å². The first kappa shape index (κ1) is 11.7. The third kappa shape index (κ3) is 3.64. The van der Waals surface area contributed by atoms with Gasteiger partial charge >= 0.3 is 6.03 Å². The van der Waals surface area contributed by atoms with Crippen LogP contribution < -0.4 is 16.0 Å². The minimum absolute atomic E-state index is 0.0616. The second-order valence-electron chi connectivity index (χ2n) is 4.54. The smallest absolute Gasteiger partial charge is 0.315 e. The van der Waals surface area contributed by atoms with Gasteiger partial charge in [-0.15, -0.1) is 0 Å². The average Bonchev–Trinajstić information content (AvgIpc) is 2.90. The van der Waals surface area contributed by atoms with E-state index in [-0.39, 0.29) is 12.1 Å². The molecule has 0 aromatic rings. The van der Waals surface area contributed by atoms with Gasteiger partial charge in [0.05, 0.1) is 12.6 Å². The van der Waals surface area contributed by atoms with E-state index in [1.807, 2.05) is 0 Å². The van der Waals surface area contributed by atoms with Gasteiger partial charge in [0.25, 0.3) is 0 Å². The Labute approximate surface area is 96.3 Å². The standard InChI is InChI=1S/C11H21N3O2/c15-11(14-10-4-7-16-8-10)13-6-3-9-2-1-5-12-9/h9-10,12H,1-8H2,(H2,13,14,15)/t9-,10?/m1/s1. The average molecular weight is 227 g/mol. The summed E-state index contributed by atoms with van der Waals surface area (Å²) in [7, 11) is 0. The number of carbonyl (C=O) groups excluding carboxylic acids is 1. The van der Waals surface area contributed by atoms with Gasteiger partial charge in [0.15, 0.2) is 0 Å². The Morgan fingerprint density at radius 3 is 3.06 bits per heavy atom. The molecule has 2 atom stereocenters. The van der Waals surface area contributed by atoms with Gasteiger partial charge in [-0.05, 0) is 32.2 Å². The number of amides is 2. The van der Waals surface area contributed by atoms with Crippen LogP contribution in [0.1, 0.15) is 25.7 Å². The molecule has 2 aliphatic heterocycles. The van der Waals surface area contributed by atoms with Crippen molar-refractivity contribution in [3.05, 3.63) is 0 Å². The monoisotopic (exact) mass is 227 g/mol. The molecule has 16 heavy (non-hydrogen) atoms. The summed E-state index contributed by atoms with van der Waals surface area (Å²) >= 11 is 0. The summed E-state index contributed by atoms with van der Waals surface area (Å²) in [5.41, 5.74) is 0. The van der Waals surface area contributed by atoms with Crippen LogP contribution in [0.5, 0.6) is 0 Å². The molecular formula is C11H21N3O2. The number of hydrogen-bond acceptors (Lipinski definition) is 3. The van der Waals surface area contributed by atoms with Gasteiger partial charge in [0.2, 0.25) is 0 Å². The number of nitrogens with one attached hydrogen (secondary N) is 3. The highest BCUT2D eigenvalue weighted by atomic mass is 16.5. The molecule has 2 fully saturated rings. The maximum atomic E-state index is 11.5. The lowest BCUT2D eigenvalue weighted by molar-refractivity contribution is 0.188. The number of carbonyl (C=O) groups is 1. The van der Waals surface area contributed by atoms with Crippen LogP contribution in [0.15, 0.2) is 0 Å². The van der Waals surface area contributed by atoms with Crippen LogP contribution in [-0.2, 0) is 4.74 Å². The van der Waals surface area contributed by atoms with Crippen LogP contribution in [0, 0.1) is 0 Å². The molecule has 2 saturated heterocycles. The molecule has 2 rings (SSSR count). The van der Waals surface area contributed by atoms with E-state index >= 15 is 0 Å². The maximum Gasteiger partial charge on any atom is 0.315 e. The molecule has 0 spiro atoms. The Bertz CT molecular complexity index is 223. The summed E-state index contributed by atoms with van der Waals surface area (Å²) in [4.78, 5) is 11.5. The number of urea groups is 1. The third-order valence-corrected chi connectivity index (χ3v) is 3.21. The molecule has 0 aliphatic carbocycles. The highest BCUT2D eigenvalue weighted by Crippen LogP contribution is 2.07. The summed E-state index contributed by atoms with van der Waals surface area (Å²) < 4.78 is 5.19. The topological polar surface area (TPSA) is 62.4 Å². The van der Waals surface area contributed by atoms with Gasteiger partial charge in [-0.2, -0.15) is 0 Å². The third-order valence-electron chi connectivity index (χ3n) is 3.21. The quantitative estimate of drug-likeness (QED) is 0.643. The Morgan fingerprint density at radius 2 is 2.38 bits per heavy atom. The summed E-state index contributed by atoms with van der Waals surface area (Å²) in [6.07, 6.45) is 4.45. The molecule has 2 aliphatic rings. The summed E-state index contributed by atoms with van der Waals surface area (Å²) in [6.45, 7) is 3.28. The summed E-state index contributed by atoms with van der Waals surface area (Å²) in [6, 6.07) is 0.730. The van der Waals surface area contributed by atoms with E-state index in [0.29, 0.717) is 12.6 Å². The number of rotatable bonds is 4. The van der Waals surface area contributed by atoms with Crippen LogP contribution in [0.3, 0.4) is 0 Å². The van der Waals surface area contributed by atoms with Crippen molar-refractivity contribution >= 4 is 6.03 Å². The first-order valence-corrected chi connectivity index (χ1v) is 6.20. The number of hydrogen-bond donors (Lipinski definition) is 3. The van der Waals surface area contributed by atoms with E-state index in [1.165, 1.54) is 12.8 Å². The number of ether oxygens (including phenoxy) is 1. The second-order valence-corrected chi connectivity index (χ2v) is 4.54. The highest BCUT2D eigenvalue weighted by Gasteiger charge is 2.18. The maximum absolute atomic E-state index is 11.5. The fraction of sp³-hybridized carbons (Fsp3) is 0.909. The van der Waals surface area contributed by atoms with Crippen molar-refractivity contribution in [2.75, 3.05) is 26.3 Å². The van der Waals surface area contributed by atoms with E-state index in [2.05, 4.69) is 16.0 Å². The molecule has 5 nitrogen and oxygen atoms in total. The van der Waals surface area contributed by atoms with E-state index in [1.54, 1.807) is 0 Å². The normalized spacial score (nSPS) is 29.2. The van der Waals surface area contributed by atoms with Gasteiger partial charge in [-0.1, -0.05) is 0 Å². The molecule has 1 unspecified atom stereocenters. The lowest BCUT2D eigenvalue weighted by atomic mass is 10.1. The van der Waals surface area contributed by atoms with Crippen molar-refractivity contribution < 1.29 is 9.53 Å². The first-order chi connectivity index (χ1) is 7.84. The molecule has 0 bridgehead atoms. The van der Waals surface area contributed by atoms with Crippen molar-refractivity contribution in [1.82, 2.24) is 16.0 Å². The summed E-state index contributed by atoms with van der Waals surface area (Å²) in [5, 5.41) is 9.21. The van der Waals surface area contributed by atoms with Crippen LogP contribution in [0.25, 0.3) is 0 Å². The largest absolute Gasteiger partial charge is 0.379 e. The fourth-order valence-electron chi connectivity index (χ4n) is 2.25. The zero-order valence-electron chi connectivity index (χ0n) is 9.63. The molecule has 0 saturated carbocycles. The van der Waals surface area contributed by atoms with Crippen LogP contribution in [0.4, 0.5) is 4.79 Å². The van der Waals surface area contributed by atoms with E-state index in [9.17, 15) is 4.79 Å². The lowest BCUT2D eigenvalue weighted by Crippen LogP contribution is -2.43. The van der Waals surface area contributed by atoms with Crippen LogP contribution in [0.2, 0.25) is 0 Å². The van der Waals surface area contributed by atoms with E-state index in [4.69, 9.17) is 4.74 Å². The molecule has 2 heterocycles. The second kappa shape index (κ2) is 6.06. The van der Waals surface area contributed by atoms with E-state index < -0.39 is 0 Å². The van der Waals surface area contributed by atoms with Crippen molar-refractivity contribution in [3.8, 4) is 0 Å². The van der Waals surface area contributed by atoms with Gasteiger partial charge in [-0.25, -0.2) is 4.79 Å².